The summed E-state index contributed by atoms with van der Waals surface area (Å²) in [4.78, 5) is 6.61. The topological polar surface area (TPSA) is 56.3 Å². The summed E-state index contributed by atoms with van der Waals surface area (Å²) in [6.07, 6.45) is 1.03. The van der Waals surface area contributed by atoms with Crippen LogP contribution >= 0.6 is 0 Å². The number of benzene rings is 2. The van der Waals surface area contributed by atoms with Crippen molar-refractivity contribution in [1.82, 2.24) is 14.5 Å². The molecule has 2 aromatic carbocycles. The molecule has 0 aliphatic heterocycles. The van der Waals surface area contributed by atoms with Gasteiger partial charge in [0, 0.05) is 12.6 Å². The molecular weight excluding hydrogens is 300 g/mol. The number of imidazole rings is 1. The molecule has 0 saturated heterocycles. The number of rotatable bonds is 7. The van der Waals surface area contributed by atoms with Crippen LogP contribution in [0.1, 0.15) is 12.0 Å². The van der Waals surface area contributed by atoms with Crippen molar-refractivity contribution in [2.75, 3.05) is 26.4 Å². The second kappa shape index (κ2) is 7.36. The molecule has 24 heavy (non-hydrogen) atoms. The summed E-state index contributed by atoms with van der Waals surface area (Å²) < 4.78 is 7.98. The van der Waals surface area contributed by atoms with Crippen molar-refractivity contribution in [3.8, 4) is 5.75 Å². The first-order chi connectivity index (χ1) is 11.6. The first-order valence-electron chi connectivity index (χ1n) is 8.21. The third kappa shape index (κ3) is 3.86. The molecule has 0 spiro atoms. The first-order valence-corrected chi connectivity index (χ1v) is 8.21. The van der Waals surface area contributed by atoms with E-state index in [9.17, 15) is 0 Å². The van der Waals surface area contributed by atoms with Crippen LogP contribution in [0.4, 0.5) is 5.95 Å². The Bertz CT molecular complexity index is 796. The van der Waals surface area contributed by atoms with E-state index in [1.807, 2.05) is 36.4 Å². The molecule has 5 nitrogen and oxygen atoms in total. The van der Waals surface area contributed by atoms with Crippen molar-refractivity contribution >= 4 is 17.0 Å². The number of nitrogen functional groups attached to an aromatic ring is 1. The molecule has 0 fully saturated rings. The second-order valence-corrected chi connectivity index (χ2v) is 6.20. The molecule has 2 N–H and O–H groups in total. The van der Waals surface area contributed by atoms with E-state index in [2.05, 4.69) is 40.7 Å². The highest BCUT2D eigenvalue weighted by Crippen LogP contribution is 2.24. The molecule has 0 aliphatic carbocycles. The van der Waals surface area contributed by atoms with E-state index < -0.39 is 0 Å². The van der Waals surface area contributed by atoms with E-state index in [0.717, 1.165) is 41.9 Å². The molecule has 0 radical (unpaired) electrons. The van der Waals surface area contributed by atoms with Crippen LogP contribution in [0.25, 0.3) is 11.0 Å². The summed E-state index contributed by atoms with van der Waals surface area (Å²) in [6.45, 7) is 2.42. The van der Waals surface area contributed by atoms with Crippen LogP contribution in [0, 0.1) is 0 Å². The molecule has 5 heteroatoms. The van der Waals surface area contributed by atoms with Gasteiger partial charge in [-0.2, -0.15) is 0 Å². The Morgan fingerprint density at radius 1 is 1.12 bits per heavy atom. The zero-order valence-corrected chi connectivity index (χ0v) is 14.3. The molecule has 0 saturated carbocycles. The highest BCUT2D eigenvalue weighted by atomic mass is 16.5. The van der Waals surface area contributed by atoms with Crippen molar-refractivity contribution in [3.05, 3.63) is 54.1 Å². The van der Waals surface area contributed by atoms with Crippen LogP contribution < -0.4 is 10.5 Å². The van der Waals surface area contributed by atoms with Gasteiger partial charge in [-0.3, -0.25) is 0 Å². The van der Waals surface area contributed by atoms with Gasteiger partial charge in [-0.15, -0.1) is 0 Å². The molecule has 1 heterocycles. The van der Waals surface area contributed by atoms with E-state index >= 15 is 0 Å². The van der Waals surface area contributed by atoms with Crippen LogP contribution in [-0.2, 0) is 13.2 Å². The molecule has 0 atom stereocenters. The van der Waals surface area contributed by atoms with Crippen molar-refractivity contribution in [1.29, 1.82) is 0 Å². The summed E-state index contributed by atoms with van der Waals surface area (Å²) in [5.41, 5.74) is 9.16. The van der Waals surface area contributed by atoms with Gasteiger partial charge >= 0.3 is 0 Å². The third-order valence-electron chi connectivity index (χ3n) is 3.98. The van der Waals surface area contributed by atoms with Gasteiger partial charge in [0.1, 0.15) is 12.4 Å². The maximum absolute atomic E-state index is 6.08. The largest absolute Gasteiger partial charge is 0.489 e. The lowest BCUT2D eigenvalue weighted by molar-refractivity contribution is 0.306. The minimum absolute atomic E-state index is 0.552. The smallest absolute Gasteiger partial charge is 0.201 e. The summed E-state index contributed by atoms with van der Waals surface area (Å²) in [7, 11) is 4.15. The standard InChI is InChI=1S/C19H24N4O/c1-22(2)11-6-12-23-18-13-16(9-10-17(18)21-19(23)20)24-14-15-7-4-3-5-8-15/h3-5,7-10,13H,6,11-12,14H2,1-2H3,(H2,20,21). The zero-order chi connectivity index (χ0) is 16.9. The predicted octanol–water partition coefficient (Wildman–Crippen LogP) is 3.15. The SMILES string of the molecule is CN(C)CCCn1c(N)nc2ccc(OCc3ccccc3)cc21. The number of hydrogen-bond donors (Lipinski definition) is 1. The van der Waals surface area contributed by atoms with Gasteiger partial charge in [0.25, 0.3) is 0 Å². The monoisotopic (exact) mass is 324 g/mol. The number of ether oxygens (including phenoxy) is 1. The number of aromatic nitrogens is 2. The van der Waals surface area contributed by atoms with Gasteiger partial charge in [-0.1, -0.05) is 30.3 Å². The molecule has 0 aliphatic rings. The minimum Gasteiger partial charge on any atom is -0.489 e. The van der Waals surface area contributed by atoms with E-state index in [1.54, 1.807) is 0 Å². The fourth-order valence-electron chi connectivity index (χ4n) is 2.73. The number of aryl methyl sites for hydroxylation is 1. The lowest BCUT2D eigenvalue weighted by Gasteiger charge is -2.11. The van der Waals surface area contributed by atoms with Crippen molar-refractivity contribution in [2.24, 2.45) is 0 Å². The third-order valence-corrected chi connectivity index (χ3v) is 3.98. The molecule has 0 unspecified atom stereocenters. The fraction of sp³-hybridized carbons (Fsp3) is 0.316. The lowest BCUT2D eigenvalue weighted by Crippen LogP contribution is -2.15. The Kier molecular flexibility index (Phi) is 5.01. The lowest BCUT2D eigenvalue weighted by atomic mass is 10.2. The Labute approximate surface area is 142 Å². The van der Waals surface area contributed by atoms with Gasteiger partial charge in [0.2, 0.25) is 5.95 Å². The van der Waals surface area contributed by atoms with Gasteiger partial charge in [0.15, 0.2) is 0 Å². The maximum Gasteiger partial charge on any atom is 0.201 e. The van der Waals surface area contributed by atoms with E-state index in [1.165, 1.54) is 0 Å². The molecule has 126 valence electrons. The quantitative estimate of drug-likeness (QED) is 0.725. The van der Waals surface area contributed by atoms with Crippen molar-refractivity contribution < 1.29 is 4.74 Å². The fourth-order valence-corrected chi connectivity index (χ4v) is 2.73. The van der Waals surface area contributed by atoms with E-state index in [-0.39, 0.29) is 0 Å². The van der Waals surface area contributed by atoms with E-state index in [0.29, 0.717) is 12.6 Å². The number of nitrogens with zero attached hydrogens (tertiary/aromatic N) is 3. The zero-order valence-electron chi connectivity index (χ0n) is 14.3. The molecule has 3 aromatic rings. The minimum atomic E-state index is 0.552. The summed E-state index contributed by atoms with van der Waals surface area (Å²) in [5.74, 6) is 1.39. The maximum atomic E-state index is 6.08. The number of nitrogens with two attached hydrogens (primary N) is 1. The van der Waals surface area contributed by atoms with Gasteiger partial charge in [0.05, 0.1) is 11.0 Å². The Morgan fingerprint density at radius 2 is 1.92 bits per heavy atom. The molecule has 0 bridgehead atoms. The van der Waals surface area contributed by atoms with Crippen molar-refractivity contribution in [2.45, 2.75) is 19.6 Å². The Hall–Kier alpha value is -2.53. The normalized spacial score (nSPS) is 11.3. The summed E-state index contributed by atoms with van der Waals surface area (Å²) >= 11 is 0. The van der Waals surface area contributed by atoms with Gasteiger partial charge in [-0.05, 0) is 44.8 Å². The average molecular weight is 324 g/mol. The number of hydrogen-bond acceptors (Lipinski definition) is 4. The molecular formula is C19H24N4O. The summed E-state index contributed by atoms with van der Waals surface area (Å²) in [6, 6.07) is 16.1. The van der Waals surface area contributed by atoms with E-state index in [4.69, 9.17) is 10.5 Å². The Morgan fingerprint density at radius 3 is 2.67 bits per heavy atom. The average Bonchev–Trinajstić information content (AvgIpc) is 2.89. The molecule has 1 aromatic heterocycles. The van der Waals surface area contributed by atoms with Crippen LogP contribution in [0.15, 0.2) is 48.5 Å². The highest BCUT2D eigenvalue weighted by Gasteiger charge is 2.09. The van der Waals surface area contributed by atoms with Crippen LogP contribution in [-0.4, -0.2) is 35.1 Å². The van der Waals surface area contributed by atoms with Crippen LogP contribution in [0.2, 0.25) is 0 Å². The summed E-state index contributed by atoms with van der Waals surface area (Å²) in [5, 5.41) is 0. The second-order valence-electron chi connectivity index (χ2n) is 6.20. The van der Waals surface area contributed by atoms with Crippen molar-refractivity contribution in [3.63, 3.8) is 0 Å². The molecule has 3 rings (SSSR count). The first kappa shape index (κ1) is 16.3. The predicted molar refractivity (Wildman–Crippen MR) is 98.1 cm³/mol. The Balaban J connectivity index is 1.76. The number of fused-ring (bicyclic) bond motifs is 1. The van der Waals surface area contributed by atoms with Gasteiger partial charge < -0.3 is 19.9 Å². The number of anilines is 1. The van der Waals surface area contributed by atoms with Crippen LogP contribution in [0.5, 0.6) is 5.75 Å². The highest BCUT2D eigenvalue weighted by molar-refractivity contribution is 5.79. The molecule has 0 amide bonds. The van der Waals surface area contributed by atoms with Crippen LogP contribution in [0.3, 0.4) is 0 Å². The van der Waals surface area contributed by atoms with Gasteiger partial charge in [-0.25, -0.2) is 4.98 Å².